The standard InChI is InChI=1S/C18H13ClFN3O3S/c1-26-17-4-2-3-13(18(17)19)16-8-12(10-22-16)27(24,25)23-15-6-5-11(9-21)7-14(15)20/h2-8,10,22-23H,1H3. The number of H-pyrrole nitrogens is 1. The summed E-state index contributed by atoms with van der Waals surface area (Å²) in [6.07, 6.45) is 1.27. The fourth-order valence-electron chi connectivity index (χ4n) is 2.43. The maximum Gasteiger partial charge on any atom is 0.263 e. The molecule has 3 rings (SSSR count). The van der Waals surface area contributed by atoms with E-state index in [-0.39, 0.29) is 16.1 Å². The van der Waals surface area contributed by atoms with Crippen LogP contribution in [0.2, 0.25) is 5.02 Å². The summed E-state index contributed by atoms with van der Waals surface area (Å²) in [6, 6.07) is 11.7. The number of ether oxygens (including phenoxy) is 1. The second-order valence-corrected chi connectivity index (χ2v) is 7.54. The third kappa shape index (κ3) is 3.74. The van der Waals surface area contributed by atoms with E-state index >= 15 is 0 Å². The molecule has 0 amide bonds. The minimum Gasteiger partial charge on any atom is -0.495 e. The number of nitrogens with one attached hydrogen (secondary N) is 2. The van der Waals surface area contributed by atoms with Crippen molar-refractivity contribution >= 4 is 27.3 Å². The van der Waals surface area contributed by atoms with Gasteiger partial charge in [0.2, 0.25) is 0 Å². The minimum atomic E-state index is -4.05. The van der Waals surface area contributed by atoms with E-state index < -0.39 is 15.8 Å². The average molecular weight is 406 g/mol. The first kappa shape index (κ1) is 18.8. The van der Waals surface area contributed by atoms with Crippen molar-refractivity contribution in [2.24, 2.45) is 0 Å². The number of nitrogens with zero attached hydrogens (tertiary/aromatic N) is 1. The van der Waals surface area contributed by atoms with Crippen LogP contribution in [-0.4, -0.2) is 20.5 Å². The van der Waals surface area contributed by atoms with Crippen LogP contribution in [0.4, 0.5) is 10.1 Å². The lowest BCUT2D eigenvalue weighted by Crippen LogP contribution is -2.13. The van der Waals surface area contributed by atoms with Gasteiger partial charge in [-0.25, -0.2) is 12.8 Å². The van der Waals surface area contributed by atoms with Gasteiger partial charge in [0, 0.05) is 17.5 Å². The van der Waals surface area contributed by atoms with Gasteiger partial charge in [-0.15, -0.1) is 0 Å². The first-order chi connectivity index (χ1) is 12.9. The van der Waals surface area contributed by atoms with Crippen LogP contribution in [0.1, 0.15) is 5.56 Å². The van der Waals surface area contributed by atoms with Crippen molar-refractivity contribution in [2.45, 2.75) is 4.90 Å². The van der Waals surface area contributed by atoms with E-state index in [0.29, 0.717) is 22.0 Å². The van der Waals surface area contributed by atoms with E-state index in [9.17, 15) is 12.8 Å². The van der Waals surface area contributed by atoms with Gasteiger partial charge in [-0.3, -0.25) is 4.72 Å². The number of aromatic nitrogens is 1. The van der Waals surface area contributed by atoms with E-state index in [0.717, 1.165) is 6.07 Å². The number of nitriles is 1. The van der Waals surface area contributed by atoms with Crippen LogP contribution < -0.4 is 9.46 Å². The number of methoxy groups -OCH3 is 1. The molecule has 0 spiro atoms. The molecule has 1 aromatic heterocycles. The molecule has 2 N–H and O–H groups in total. The van der Waals surface area contributed by atoms with Crippen LogP contribution in [0.25, 0.3) is 11.3 Å². The van der Waals surface area contributed by atoms with Crippen LogP contribution in [-0.2, 0) is 10.0 Å². The fourth-order valence-corrected chi connectivity index (χ4v) is 3.80. The van der Waals surface area contributed by atoms with Crippen LogP contribution >= 0.6 is 11.6 Å². The SMILES string of the molecule is COc1cccc(-c2cc(S(=O)(=O)Nc3ccc(C#N)cc3F)c[nH]2)c1Cl. The van der Waals surface area contributed by atoms with Crippen molar-refractivity contribution < 1.29 is 17.5 Å². The van der Waals surface area contributed by atoms with Gasteiger partial charge >= 0.3 is 0 Å². The molecule has 0 aliphatic heterocycles. The Hall–Kier alpha value is -3.02. The molecule has 9 heteroatoms. The number of hydrogen-bond donors (Lipinski definition) is 2. The van der Waals surface area contributed by atoms with E-state index in [4.69, 9.17) is 21.6 Å². The third-order valence-corrected chi connectivity index (χ3v) is 5.52. The van der Waals surface area contributed by atoms with Crippen LogP contribution in [0.5, 0.6) is 5.75 Å². The zero-order valence-electron chi connectivity index (χ0n) is 14.0. The second kappa shape index (κ2) is 7.31. The minimum absolute atomic E-state index is 0.0899. The molecule has 0 fully saturated rings. The zero-order valence-corrected chi connectivity index (χ0v) is 15.5. The number of benzene rings is 2. The molecule has 0 aliphatic rings. The lowest BCUT2D eigenvalue weighted by atomic mass is 10.1. The van der Waals surface area contributed by atoms with E-state index in [1.807, 2.05) is 0 Å². The summed E-state index contributed by atoms with van der Waals surface area (Å²) in [5, 5.41) is 9.09. The summed E-state index contributed by atoms with van der Waals surface area (Å²) in [4.78, 5) is 2.75. The number of hydrogen-bond acceptors (Lipinski definition) is 4. The van der Waals surface area contributed by atoms with Gasteiger partial charge in [0.15, 0.2) is 0 Å². The van der Waals surface area contributed by atoms with Crippen LogP contribution in [0, 0.1) is 17.1 Å². The van der Waals surface area contributed by atoms with Crippen molar-refractivity contribution in [1.29, 1.82) is 5.26 Å². The van der Waals surface area contributed by atoms with Gasteiger partial charge in [-0.05, 0) is 30.3 Å². The predicted octanol–water partition coefficient (Wildman–Crippen LogP) is 4.16. The van der Waals surface area contributed by atoms with Crippen molar-refractivity contribution in [3.63, 3.8) is 0 Å². The summed E-state index contributed by atoms with van der Waals surface area (Å²) in [5.74, 6) is -0.393. The molecule has 0 bridgehead atoms. The average Bonchev–Trinajstić information content (AvgIpc) is 3.14. The van der Waals surface area contributed by atoms with Gasteiger partial charge in [0.1, 0.15) is 16.5 Å². The van der Waals surface area contributed by atoms with Crippen molar-refractivity contribution in [3.8, 4) is 23.1 Å². The van der Waals surface area contributed by atoms with Gasteiger partial charge in [-0.2, -0.15) is 5.26 Å². The molecule has 0 saturated heterocycles. The molecule has 0 aliphatic carbocycles. The maximum absolute atomic E-state index is 14.0. The molecule has 138 valence electrons. The molecule has 27 heavy (non-hydrogen) atoms. The van der Waals surface area contributed by atoms with Crippen molar-refractivity contribution in [2.75, 3.05) is 11.8 Å². The molecule has 6 nitrogen and oxygen atoms in total. The summed E-state index contributed by atoms with van der Waals surface area (Å²) in [5.41, 5.74) is 0.852. The van der Waals surface area contributed by atoms with Gasteiger partial charge < -0.3 is 9.72 Å². The Kier molecular flexibility index (Phi) is 5.08. The quantitative estimate of drug-likeness (QED) is 0.666. The Morgan fingerprint density at radius 2 is 2.04 bits per heavy atom. The normalized spacial score (nSPS) is 11.0. The Morgan fingerprint density at radius 3 is 2.70 bits per heavy atom. The third-order valence-electron chi connectivity index (χ3n) is 3.78. The zero-order chi connectivity index (χ0) is 19.6. The summed E-state index contributed by atoms with van der Waals surface area (Å²) in [7, 11) is -2.57. The summed E-state index contributed by atoms with van der Waals surface area (Å²) < 4.78 is 46.4. The van der Waals surface area contributed by atoms with Gasteiger partial charge in [0.25, 0.3) is 10.0 Å². The highest BCUT2D eigenvalue weighted by molar-refractivity contribution is 7.92. The fraction of sp³-hybridized carbons (Fsp3) is 0.0556. The first-order valence-corrected chi connectivity index (χ1v) is 9.45. The highest BCUT2D eigenvalue weighted by Gasteiger charge is 2.20. The second-order valence-electron chi connectivity index (χ2n) is 5.48. The molecule has 0 unspecified atom stereocenters. The number of halogens is 2. The highest BCUT2D eigenvalue weighted by atomic mass is 35.5. The predicted molar refractivity (Wildman–Crippen MR) is 99.7 cm³/mol. The van der Waals surface area contributed by atoms with Crippen LogP contribution in [0.15, 0.2) is 53.6 Å². The smallest absolute Gasteiger partial charge is 0.263 e. The van der Waals surface area contributed by atoms with E-state index in [2.05, 4.69) is 9.71 Å². The number of sulfonamides is 1. The lowest BCUT2D eigenvalue weighted by Gasteiger charge is -2.08. The largest absolute Gasteiger partial charge is 0.495 e. The van der Waals surface area contributed by atoms with Gasteiger partial charge in [-0.1, -0.05) is 23.7 Å². The molecular weight excluding hydrogens is 393 g/mol. The number of aromatic amines is 1. The Labute approximate surface area is 160 Å². The number of rotatable bonds is 5. The highest BCUT2D eigenvalue weighted by Crippen LogP contribution is 2.35. The lowest BCUT2D eigenvalue weighted by molar-refractivity contribution is 0.415. The van der Waals surface area contributed by atoms with Crippen molar-refractivity contribution in [3.05, 3.63) is 65.1 Å². The van der Waals surface area contributed by atoms with E-state index in [1.54, 1.807) is 24.3 Å². The van der Waals surface area contributed by atoms with Crippen LogP contribution in [0.3, 0.4) is 0 Å². The summed E-state index contributed by atoms with van der Waals surface area (Å²) >= 11 is 6.26. The maximum atomic E-state index is 14.0. The first-order valence-electron chi connectivity index (χ1n) is 7.59. The molecule has 0 radical (unpaired) electrons. The van der Waals surface area contributed by atoms with E-state index in [1.165, 1.54) is 31.5 Å². The molecule has 1 heterocycles. The molecule has 0 saturated carbocycles. The Balaban J connectivity index is 1.93. The molecule has 0 atom stereocenters. The van der Waals surface area contributed by atoms with Crippen molar-refractivity contribution in [1.82, 2.24) is 4.98 Å². The Bertz CT molecular complexity index is 1150. The molecular formula is C18H13ClFN3O3S. The number of anilines is 1. The van der Waals surface area contributed by atoms with Gasteiger partial charge in [0.05, 0.1) is 29.5 Å². The Morgan fingerprint density at radius 1 is 1.26 bits per heavy atom. The summed E-state index contributed by atoms with van der Waals surface area (Å²) in [6.45, 7) is 0. The molecule has 3 aromatic rings. The molecule has 2 aromatic carbocycles. The monoisotopic (exact) mass is 405 g/mol. The topological polar surface area (TPSA) is 95.0 Å².